The van der Waals surface area contributed by atoms with E-state index in [1.807, 2.05) is 24.3 Å². The molecule has 1 fully saturated rings. The molecular weight excluding hydrogens is 320 g/mol. The van der Waals surface area contributed by atoms with Crippen molar-refractivity contribution < 1.29 is 9.53 Å². The van der Waals surface area contributed by atoms with Crippen molar-refractivity contribution in [3.8, 4) is 5.75 Å². The molecule has 0 bridgehead atoms. The Morgan fingerprint density at radius 3 is 2.82 bits per heavy atom. The third-order valence-electron chi connectivity index (χ3n) is 3.69. The maximum absolute atomic E-state index is 11.7. The minimum atomic E-state index is 0. The van der Waals surface area contributed by atoms with Gasteiger partial charge in [-0.05, 0) is 56.1 Å². The second-order valence-corrected chi connectivity index (χ2v) is 6.44. The number of rotatable bonds is 8. The van der Waals surface area contributed by atoms with Crippen LogP contribution in [-0.4, -0.2) is 38.4 Å². The molecule has 1 unspecified atom stereocenters. The van der Waals surface area contributed by atoms with Gasteiger partial charge in [0.2, 0.25) is 5.91 Å². The van der Waals surface area contributed by atoms with Crippen LogP contribution in [0, 0.1) is 5.92 Å². The molecule has 1 aromatic rings. The number of amides is 1. The summed E-state index contributed by atoms with van der Waals surface area (Å²) in [5, 5.41) is 6.36. The minimum absolute atomic E-state index is 0. The summed E-state index contributed by atoms with van der Waals surface area (Å²) in [5.74, 6) is 2.56. The quantitative estimate of drug-likeness (QED) is 0.712. The van der Waals surface area contributed by atoms with Crippen LogP contribution >= 0.6 is 24.2 Å². The lowest BCUT2D eigenvalue weighted by Crippen LogP contribution is -2.26. The lowest BCUT2D eigenvalue weighted by Gasteiger charge is -2.09. The van der Waals surface area contributed by atoms with E-state index in [9.17, 15) is 4.79 Å². The number of benzene rings is 1. The van der Waals surface area contributed by atoms with Crippen molar-refractivity contribution in [3.05, 3.63) is 24.3 Å². The third kappa shape index (κ3) is 6.90. The molecule has 6 heteroatoms. The Hall–Kier alpha value is -0.910. The molecule has 1 aromatic carbocycles. The van der Waals surface area contributed by atoms with Gasteiger partial charge in [-0.1, -0.05) is 0 Å². The van der Waals surface area contributed by atoms with Gasteiger partial charge in [0.25, 0.3) is 0 Å². The van der Waals surface area contributed by atoms with Crippen LogP contribution < -0.4 is 15.4 Å². The summed E-state index contributed by atoms with van der Waals surface area (Å²) < 4.78 is 5.12. The largest absolute Gasteiger partial charge is 0.497 e. The molecule has 22 heavy (non-hydrogen) atoms. The van der Waals surface area contributed by atoms with Gasteiger partial charge in [0, 0.05) is 23.6 Å². The van der Waals surface area contributed by atoms with Crippen molar-refractivity contribution in [2.45, 2.75) is 24.2 Å². The zero-order valence-corrected chi connectivity index (χ0v) is 14.6. The number of carbonyl (C=O) groups excluding carboxylic acids is 1. The molecule has 0 spiro atoms. The molecule has 1 heterocycles. The van der Waals surface area contributed by atoms with Crippen LogP contribution in [0.5, 0.6) is 5.75 Å². The van der Waals surface area contributed by atoms with Crippen molar-refractivity contribution in [2.75, 3.05) is 32.5 Å². The van der Waals surface area contributed by atoms with E-state index in [2.05, 4.69) is 10.6 Å². The summed E-state index contributed by atoms with van der Waals surface area (Å²) in [4.78, 5) is 12.9. The van der Waals surface area contributed by atoms with Crippen molar-refractivity contribution in [3.63, 3.8) is 0 Å². The topological polar surface area (TPSA) is 50.4 Å². The molecule has 1 saturated heterocycles. The van der Waals surface area contributed by atoms with Crippen molar-refractivity contribution in [1.82, 2.24) is 10.6 Å². The maximum Gasteiger partial charge on any atom is 0.220 e. The first-order valence-corrected chi connectivity index (χ1v) is 8.51. The van der Waals surface area contributed by atoms with Gasteiger partial charge in [0.15, 0.2) is 0 Å². The monoisotopic (exact) mass is 344 g/mol. The highest BCUT2D eigenvalue weighted by molar-refractivity contribution is 7.99. The van der Waals surface area contributed by atoms with Gasteiger partial charge in [0.1, 0.15) is 5.75 Å². The molecule has 0 saturated carbocycles. The highest BCUT2D eigenvalue weighted by Gasteiger charge is 2.13. The predicted molar refractivity (Wildman–Crippen MR) is 94.2 cm³/mol. The zero-order chi connectivity index (χ0) is 14.9. The van der Waals surface area contributed by atoms with Gasteiger partial charge in [-0.15, -0.1) is 24.2 Å². The number of methoxy groups -OCH3 is 1. The van der Waals surface area contributed by atoms with Crippen molar-refractivity contribution >= 4 is 30.1 Å². The lowest BCUT2D eigenvalue weighted by molar-refractivity contribution is -0.120. The molecule has 0 aliphatic carbocycles. The zero-order valence-electron chi connectivity index (χ0n) is 13.0. The molecule has 2 N–H and O–H groups in total. The van der Waals surface area contributed by atoms with E-state index in [0.29, 0.717) is 6.42 Å². The fourth-order valence-corrected chi connectivity index (χ4v) is 3.25. The predicted octanol–water partition coefficient (Wildman–Crippen LogP) is 2.72. The van der Waals surface area contributed by atoms with E-state index in [1.54, 1.807) is 18.9 Å². The first-order chi connectivity index (χ1) is 10.3. The number of hydrogen-bond donors (Lipinski definition) is 2. The SMILES string of the molecule is COc1ccc(SCCC(=O)NCCC2CCNC2)cc1.Cl. The highest BCUT2D eigenvalue weighted by Crippen LogP contribution is 2.21. The Balaban J connectivity index is 0.00000242. The number of halogens is 1. The first kappa shape index (κ1) is 19.1. The Morgan fingerprint density at radius 1 is 1.41 bits per heavy atom. The van der Waals surface area contributed by atoms with Gasteiger partial charge in [-0.3, -0.25) is 4.79 Å². The number of ether oxygens (including phenoxy) is 1. The summed E-state index contributed by atoms with van der Waals surface area (Å²) >= 11 is 1.70. The van der Waals surface area contributed by atoms with E-state index in [0.717, 1.165) is 43.5 Å². The molecule has 2 rings (SSSR count). The summed E-state index contributed by atoms with van der Waals surface area (Å²) in [7, 11) is 1.66. The van der Waals surface area contributed by atoms with Crippen LogP contribution in [0.3, 0.4) is 0 Å². The lowest BCUT2D eigenvalue weighted by atomic mass is 10.1. The summed E-state index contributed by atoms with van der Waals surface area (Å²) in [6.45, 7) is 3.03. The number of hydrogen-bond acceptors (Lipinski definition) is 4. The second-order valence-electron chi connectivity index (χ2n) is 5.27. The second kappa shape index (κ2) is 10.8. The molecule has 1 aliphatic heterocycles. The maximum atomic E-state index is 11.7. The molecule has 1 aliphatic rings. The molecular formula is C16H25ClN2O2S. The standard InChI is InChI=1S/C16H24N2O2S.ClH/c1-20-14-2-4-15(5-3-14)21-11-8-16(19)18-10-7-13-6-9-17-12-13;/h2-5,13,17H,6-12H2,1H3,(H,18,19);1H. The Bertz CT molecular complexity index is 436. The smallest absolute Gasteiger partial charge is 0.220 e. The summed E-state index contributed by atoms with van der Waals surface area (Å²) in [6.07, 6.45) is 2.90. The number of thioether (sulfide) groups is 1. The Morgan fingerprint density at radius 2 is 2.18 bits per heavy atom. The normalized spacial score (nSPS) is 16.9. The molecule has 124 valence electrons. The van der Waals surface area contributed by atoms with E-state index in [-0.39, 0.29) is 18.3 Å². The van der Waals surface area contributed by atoms with Gasteiger partial charge >= 0.3 is 0 Å². The average molecular weight is 345 g/mol. The average Bonchev–Trinajstić information content (AvgIpc) is 3.01. The fraction of sp³-hybridized carbons (Fsp3) is 0.562. The molecule has 0 radical (unpaired) electrons. The molecule has 0 aromatic heterocycles. The van der Waals surface area contributed by atoms with Gasteiger partial charge in [-0.25, -0.2) is 0 Å². The number of nitrogens with one attached hydrogen (secondary N) is 2. The fourth-order valence-electron chi connectivity index (χ4n) is 2.40. The van der Waals surface area contributed by atoms with E-state index < -0.39 is 0 Å². The summed E-state index contributed by atoms with van der Waals surface area (Å²) in [6, 6.07) is 7.93. The van der Waals surface area contributed by atoms with Crippen LogP contribution in [0.1, 0.15) is 19.3 Å². The third-order valence-corrected chi connectivity index (χ3v) is 4.71. The highest BCUT2D eigenvalue weighted by atomic mass is 35.5. The van der Waals surface area contributed by atoms with Crippen LogP contribution in [0.4, 0.5) is 0 Å². The van der Waals surface area contributed by atoms with Crippen molar-refractivity contribution in [2.24, 2.45) is 5.92 Å². The number of carbonyl (C=O) groups is 1. The van der Waals surface area contributed by atoms with E-state index in [1.165, 1.54) is 11.3 Å². The molecule has 1 atom stereocenters. The first-order valence-electron chi connectivity index (χ1n) is 7.52. The Kier molecular flexibility index (Phi) is 9.36. The van der Waals surface area contributed by atoms with Crippen molar-refractivity contribution in [1.29, 1.82) is 0 Å². The van der Waals surface area contributed by atoms with Gasteiger partial charge in [-0.2, -0.15) is 0 Å². The van der Waals surface area contributed by atoms with Crippen LogP contribution in [0.15, 0.2) is 29.2 Å². The van der Waals surface area contributed by atoms with Gasteiger partial charge in [0.05, 0.1) is 7.11 Å². The van der Waals surface area contributed by atoms with Crippen LogP contribution in [0.25, 0.3) is 0 Å². The Labute approximate surface area is 143 Å². The van der Waals surface area contributed by atoms with E-state index in [4.69, 9.17) is 4.74 Å². The van der Waals surface area contributed by atoms with E-state index >= 15 is 0 Å². The minimum Gasteiger partial charge on any atom is -0.497 e. The van der Waals surface area contributed by atoms with Gasteiger partial charge < -0.3 is 15.4 Å². The summed E-state index contributed by atoms with van der Waals surface area (Å²) in [5.41, 5.74) is 0. The molecule has 4 nitrogen and oxygen atoms in total. The molecule has 1 amide bonds. The van der Waals surface area contributed by atoms with Crippen LogP contribution in [0.2, 0.25) is 0 Å². The van der Waals surface area contributed by atoms with Crippen LogP contribution in [-0.2, 0) is 4.79 Å².